The minimum atomic E-state index is -0.0616. The second-order valence-electron chi connectivity index (χ2n) is 3.99. The summed E-state index contributed by atoms with van der Waals surface area (Å²) in [5, 5.41) is 7.84. The highest BCUT2D eigenvalue weighted by Crippen LogP contribution is 2.10. The molecule has 0 bridgehead atoms. The van der Waals surface area contributed by atoms with E-state index in [1.807, 2.05) is 13.8 Å². The third-order valence-corrected chi connectivity index (χ3v) is 2.65. The van der Waals surface area contributed by atoms with Gasteiger partial charge in [-0.1, -0.05) is 0 Å². The predicted molar refractivity (Wildman–Crippen MR) is 62.1 cm³/mol. The lowest BCUT2D eigenvalue weighted by Gasteiger charge is -2.24. The Hall–Kier alpha value is -1.49. The van der Waals surface area contributed by atoms with Gasteiger partial charge in [0.05, 0.1) is 17.0 Å². The molecule has 2 N–H and O–H groups in total. The van der Waals surface area contributed by atoms with Crippen molar-refractivity contribution in [1.29, 1.82) is 0 Å². The standard InChI is InChI=1S/C11H18N4O/c1-7-5-10(9(3)14-13-7)11(16)15(4)8(2)6-12/h5,8H,6,12H2,1-4H3. The van der Waals surface area contributed by atoms with Gasteiger partial charge >= 0.3 is 0 Å². The molecule has 1 heterocycles. The quantitative estimate of drug-likeness (QED) is 0.809. The fourth-order valence-electron chi connectivity index (χ4n) is 1.31. The number of aromatic nitrogens is 2. The van der Waals surface area contributed by atoms with E-state index in [-0.39, 0.29) is 11.9 Å². The van der Waals surface area contributed by atoms with Crippen molar-refractivity contribution in [2.45, 2.75) is 26.8 Å². The van der Waals surface area contributed by atoms with Gasteiger partial charge in [-0.2, -0.15) is 10.2 Å². The normalized spacial score (nSPS) is 12.3. The lowest BCUT2D eigenvalue weighted by atomic mass is 10.1. The SMILES string of the molecule is Cc1cc(C(=O)N(C)C(C)CN)c(C)nn1. The molecular formula is C11H18N4O. The van der Waals surface area contributed by atoms with Crippen molar-refractivity contribution in [3.8, 4) is 0 Å². The molecule has 0 aliphatic carbocycles. The molecule has 1 unspecified atom stereocenters. The lowest BCUT2D eigenvalue weighted by molar-refractivity contribution is 0.0747. The van der Waals surface area contributed by atoms with E-state index in [9.17, 15) is 4.79 Å². The fourth-order valence-corrected chi connectivity index (χ4v) is 1.31. The van der Waals surface area contributed by atoms with Crippen molar-refractivity contribution in [2.75, 3.05) is 13.6 Å². The van der Waals surface area contributed by atoms with Crippen LogP contribution in [0.25, 0.3) is 0 Å². The number of hydrogen-bond donors (Lipinski definition) is 1. The highest BCUT2D eigenvalue weighted by Gasteiger charge is 2.19. The van der Waals surface area contributed by atoms with Crippen LogP contribution in [0.2, 0.25) is 0 Å². The molecular weight excluding hydrogens is 204 g/mol. The van der Waals surface area contributed by atoms with Crippen LogP contribution in [0.5, 0.6) is 0 Å². The average molecular weight is 222 g/mol. The number of rotatable bonds is 3. The molecule has 1 rings (SSSR count). The van der Waals surface area contributed by atoms with Crippen LogP contribution in [0, 0.1) is 13.8 Å². The Labute approximate surface area is 95.7 Å². The van der Waals surface area contributed by atoms with Crippen LogP contribution in [0.15, 0.2) is 6.07 Å². The zero-order chi connectivity index (χ0) is 12.3. The number of carbonyl (C=O) groups is 1. The molecule has 5 heteroatoms. The first-order valence-corrected chi connectivity index (χ1v) is 5.25. The summed E-state index contributed by atoms with van der Waals surface area (Å²) in [7, 11) is 1.75. The summed E-state index contributed by atoms with van der Waals surface area (Å²) < 4.78 is 0. The second kappa shape index (κ2) is 5.03. The van der Waals surface area contributed by atoms with Crippen LogP contribution in [-0.2, 0) is 0 Å². The van der Waals surface area contributed by atoms with Crippen molar-refractivity contribution >= 4 is 5.91 Å². The monoisotopic (exact) mass is 222 g/mol. The topological polar surface area (TPSA) is 72.1 Å². The molecule has 1 amide bonds. The first-order valence-electron chi connectivity index (χ1n) is 5.25. The summed E-state index contributed by atoms with van der Waals surface area (Å²) in [6.45, 7) is 5.95. The van der Waals surface area contributed by atoms with Crippen LogP contribution < -0.4 is 5.73 Å². The van der Waals surface area contributed by atoms with Gasteiger partial charge in [-0.15, -0.1) is 0 Å². The highest BCUT2D eigenvalue weighted by molar-refractivity contribution is 5.95. The molecule has 5 nitrogen and oxygen atoms in total. The minimum absolute atomic E-state index is 0.0142. The Balaban J connectivity index is 3.00. The smallest absolute Gasteiger partial charge is 0.255 e. The first-order chi connectivity index (χ1) is 7.47. The van der Waals surface area contributed by atoms with E-state index in [1.165, 1.54) is 0 Å². The minimum Gasteiger partial charge on any atom is -0.338 e. The van der Waals surface area contributed by atoms with Gasteiger partial charge in [0.1, 0.15) is 0 Å². The van der Waals surface area contributed by atoms with Gasteiger partial charge in [0.2, 0.25) is 0 Å². The second-order valence-corrected chi connectivity index (χ2v) is 3.99. The molecule has 88 valence electrons. The lowest BCUT2D eigenvalue weighted by Crippen LogP contribution is -2.40. The van der Waals surface area contributed by atoms with Crippen molar-refractivity contribution in [3.05, 3.63) is 23.0 Å². The van der Waals surface area contributed by atoms with Gasteiger partial charge in [-0.3, -0.25) is 4.79 Å². The molecule has 0 aliphatic rings. The van der Waals surface area contributed by atoms with Gasteiger partial charge in [0.25, 0.3) is 5.91 Å². The molecule has 1 aromatic rings. The van der Waals surface area contributed by atoms with E-state index >= 15 is 0 Å². The van der Waals surface area contributed by atoms with E-state index in [4.69, 9.17) is 5.73 Å². The number of aryl methyl sites for hydroxylation is 2. The maximum Gasteiger partial charge on any atom is 0.255 e. The van der Waals surface area contributed by atoms with Gasteiger partial charge < -0.3 is 10.6 Å². The van der Waals surface area contributed by atoms with E-state index in [0.717, 1.165) is 5.69 Å². The first kappa shape index (κ1) is 12.6. The Bertz CT molecular complexity index is 392. The molecule has 0 aliphatic heterocycles. The Morgan fingerprint density at radius 3 is 2.69 bits per heavy atom. The van der Waals surface area contributed by atoms with Crippen molar-refractivity contribution in [2.24, 2.45) is 5.73 Å². The number of nitrogens with two attached hydrogens (primary N) is 1. The molecule has 0 saturated carbocycles. The summed E-state index contributed by atoms with van der Waals surface area (Å²) in [6.07, 6.45) is 0. The summed E-state index contributed by atoms with van der Waals surface area (Å²) in [5.74, 6) is -0.0616. The van der Waals surface area contributed by atoms with Crippen LogP contribution >= 0.6 is 0 Å². The Morgan fingerprint density at radius 1 is 1.50 bits per heavy atom. The summed E-state index contributed by atoms with van der Waals surface area (Å²) in [5.41, 5.74) is 7.51. The third kappa shape index (κ3) is 2.55. The fraction of sp³-hybridized carbons (Fsp3) is 0.545. The van der Waals surface area contributed by atoms with Crippen LogP contribution in [0.1, 0.15) is 28.7 Å². The van der Waals surface area contributed by atoms with Crippen molar-refractivity contribution in [3.63, 3.8) is 0 Å². The Morgan fingerprint density at radius 2 is 2.12 bits per heavy atom. The number of amides is 1. The van der Waals surface area contributed by atoms with Gasteiger partial charge in [0.15, 0.2) is 0 Å². The van der Waals surface area contributed by atoms with Crippen LogP contribution in [-0.4, -0.2) is 40.6 Å². The molecule has 0 aromatic carbocycles. The van der Waals surface area contributed by atoms with Gasteiger partial charge in [-0.05, 0) is 26.8 Å². The zero-order valence-corrected chi connectivity index (χ0v) is 10.2. The average Bonchev–Trinajstić information content (AvgIpc) is 2.29. The molecule has 0 spiro atoms. The van der Waals surface area contributed by atoms with Gasteiger partial charge in [-0.25, -0.2) is 0 Å². The van der Waals surface area contributed by atoms with E-state index in [2.05, 4.69) is 10.2 Å². The maximum absolute atomic E-state index is 12.1. The van der Waals surface area contributed by atoms with Crippen molar-refractivity contribution in [1.82, 2.24) is 15.1 Å². The van der Waals surface area contributed by atoms with E-state index < -0.39 is 0 Å². The van der Waals surface area contributed by atoms with Crippen LogP contribution in [0.3, 0.4) is 0 Å². The Kier molecular flexibility index (Phi) is 3.95. The van der Waals surface area contributed by atoms with E-state index in [1.54, 1.807) is 24.9 Å². The summed E-state index contributed by atoms with van der Waals surface area (Å²) >= 11 is 0. The summed E-state index contributed by atoms with van der Waals surface area (Å²) in [6, 6.07) is 1.77. The largest absolute Gasteiger partial charge is 0.338 e. The number of carbonyl (C=O) groups excluding carboxylic acids is 1. The number of nitrogens with zero attached hydrogens (tertiary/aromatic N) is 3. The highest BCUT2D eigenvalue weighted by atomic mass is 16.2. The molecule has 1 aromatic heterocycles. The van der Waals surface area contributed by atoms with Crippen molar-refractivity contribution < 1.29 is 4.79 Å². The molecule has 0 fully saturated rings. The molecule has 0 radical (unpaired) electrons. The number of likely N-dealkylation sites (N-methyl/N-ethyl adjacent to an activating group) is 1. The molecule has 1 atom stereocenters. The summed E-state index contributed by atoms with van der Waals surface area (Å²) in [4.78, 5) is 13.7. The van der Waals surface area contributed by atoms with E-state index in [0.29, 0.717) is 17.8 Å². The van der Waals surface area contributed by atoms with Crippen LogP contribution in [0.4, 0.5) is 0 Å². The van der Waals surface area contributed by atoms with Gasteiger partial charge in [0, 0.05) is 19.6 Å². The third-order valence-electron chi connectivity index (χ3n) is 2.65. The zero-order valence-electron chi connectivity index (χ0n) is 10.2. The molecule has 16 heavy (non-hydrogen) atoms. The molecule has 0 saturated heterocycles. The maximum atomic E-state index is 12.1. The number of hydrogen-bond acceptors (Lipinski definition) is 4. The predicted octanol–water partition coefficient (Wildman–Crippen LogP) is 0.513.